The predicted octanol–water partition coefficient (Wildman–Crippen LogP) is 3.21. The largest absolute Gasteiger partial charge is 0.341 e. The lowest BCUT2D eigenvalue weighted by Crippen LogP contribution is -2.50. The van der Waals surface area contributed by atoms with Crippen molar-refractivity contribution in [1.29, 1.82) is 0 Å². The first kappa shape index (κ1) is 17.9. The molecule has 136 valence electrons. The summed E-state index contributed by atoms with van der Waals surface area (Å²) in [5.74, 6) is -0.00237. The molecular formula is C20H27FN2O2. The Balaban J connectivity index is 1.72. The van der Waals surface area contributed by atoms with Gasteiger partial charge in [-0.1, -0.05) is 32.9 Å². The van der Waals surface area contributed by atoms with Crippen LogP contribution in [0.4, 0.5) is 4.39 Å². The number of benzene rings is 1. The van der Waals surface area contributed by atoms with Crippen molar-refractivity contribution in [3.05, 3.63) is 35.6 Å². The van der Waals surface area contributed by atoms with Crippen molar-refractivity contribution in [2.75, 3.05) is 19.6 Å². The Hall–Kier alpha value is -1.91. The minimum absolute atomic E-state index is 0.118. The molecule has 25 heavy (non-hydrogen) atoms. The van der Waals surface area contributed by atoms with Crippen molar-refractivity contribution >= 4 is 11.8 Å². The van der Waals surface area contributed by atoms with Crippen molar-refractivity contribution in [2.45, 2.75) is 46.6 Å². The number of carbonyl (C=O) groups excluding carboxylic acids is 2. The molecule has 1 aromatic rings. The molecule has 2 aliphatic rings. The van der Waals surface area contributed by atoms with Gasteiger partial charge in [-0.15, -0.1) is 0 Å². The molecule has 1 unspecified atom stereocenters. The Labute approximate surface area is 149 Å². The van der Waals surface area contributed by atoms with E-state index in [1.54, 1.807) is 12.1 Å². The third kappa shape index (κ3) is 3.55. The zero-order chi connectivity index (χ0) is 18.2. The molecule has 0 bridgehead atoms. The average molecular weight is 346 g/mol. The number of hydrogen-bond acceptors (Lipinski definition) is 2. The summed E-state index contributed by atoms with van der Waals surface area (Å²) in [7, 11) is 0. The molecule has 1 spiro atoms. The molecular weight excluding hydrogens is 319 g/mol. The maximum Gasteiger partial charge on any atom is 0.230 e. The van der Waals surface area contributed by atoms with E-state index in [2.05, 4.69) is 0 Å². The van der Waals surface area contributed by atoms with Gasteiger partial charge in [0.2, 0.25) is 11.8 Å². The highest BCUT2D eigenvalue weighted by atomic mass is 19.1. The van der Waals surface area contributed by atoms with E-state index in [0.29, 0.717) is 19.6 Å². The second kappa shape index (κ2) is 6.43. The summed E-state index contributed by atoms with van der Waals surface area (Å²) >= 11 is 0. The zero-order valence-corrected chi connectivity index (χ0v) is 15.3. The van der Waals surface area contributed by atoms with Crippen LogP contribution in [0.5, 0.6) is 0 Å². The quantitative estimate of drug-likeness (QED) is 0.825. The number of likely N-dealkylation sites (tertiary alicyclic amines) is 2. The van der Waals surface area contributed by atoms with Crippen LogP contribution in [0.3, 0.4) is 0 Å². The van der Waals surface area contributed by atoms with Crippen molar-refractivity contribution < 1.29 is 14.0 Å². The smallest absolute Gasteiger partial charge is 0.230 e. The van der Waals surface area contributed by atoms with Gasteiger partial charge in [0.05, 0.1) is 5.41 Å². The van der Waals surface area contributed by atoms with E-state index in [-0.39, 0.29) is 17.6 Å². The van der Waals surface area contributed by atoms with E-state index in [0.717, 1.165) is 31.4 Å². The molecule has 2 heterocycles. The van der Waals surface area contributed by atoms with Gasteiger partial charge in [0.1, 0.15) is 5.82 Å². The van der Waals surface area contributed by atoms with Crippen LogP contribution in [0, 0.1) is 16.6 Å². The van der Waals surface area contributed by atoms with E-state index in [1.165, 1.54) is 12.1 Å². The fraction of sp³-hybridized carbons (Fsp3) is 0.600. The Morgan fingerprint density at radius 1 is 1.16 bits per heavy atom. The summed E-state index contributed by atoms with van der Waals surface area (Å²) in [5, 5.41) is 0. The normalized spacial score (nSPS) is 24.2. The third-order valence-electron chi connectivity index (χ3n) is 5.39. The van der Waals surface area contributed by atoms with Crippen LogP contribution in [-0.2, 0) is 16.1 Å². The van der Waals surface area contributed by atoms with Crippen LogP contribution in [0.15, 0.2) is 24.3 Å². The molecule has 0 N–H and O–H groups in total. The number of rotatable bonds is 2. The molecule has 1 aromatic carbocycles. The second-order valence-corrected chi connectivity index (χ2v) is 8.46. The molecule has 2 fully saturated rings. The van der Waals surface area contributed by atoms with Crippen molar-refractivity contribution in [3.8, 4) is 0 Å². The molecule has 3 rings (SSSR count). The first-order chi connectivity index (χ1) is 11.7. The minimum Gasteiger partial charge on any atom is -0.341 e. The van der Waals surface area contributed by atoms with Gasteiger partial charge < -0.3 is 9.80 Å². The summed E-state index contributed by atoms with van der Waals surface area (Å²) in [4.78, 5) is 29.5. The van der Waals surface area contributed by atoms with Gasteiger partial charge in [-0.2, -0.15) is 0 Å². The molecule has 0 saturated carbocycles. The Bertz CT molecular complexity index is 665. The van der Waals surface area contributed by atoms with Crippen molar-refractivity contribution in [1.82, 2.24) is 9.80 Å². The maximum atomic E-state index is 13.2. The van der Waals surface area contributed by atoms with Crippen LogP contribution in [-0.4, -0.2) is 41.2 Å². The van der Waals surface area contributed by atoms with Gasteiger partial charge in [0.15, 0.2) is 0 Å². The molecule has 0 aliphatic carbocycles. The third-order valence-corrected chi connectivity index (χ3v) is 5.39. The van der Waals surface area contributed by atoms with Gasteiger partial charge in [0.25, 0.3) is 0 Å². The van der Waals surface area contributed by atoms with Crippen LogP contribution in [0.25, 0.3) is 0 Å². The number of hydrogen-bond donors (Lipinski definition) is 0. The molecule has 0 aromatic heterocycles. The number of amides is 2. The second-order valence-electron chi connectivity index (χ2n) is 8.46. The zero-order valence-electron chi connectivity index (χ0n) is 15.3. The van der Waals surface area contributed by atoms with Crippen LogP contribution in [0.1, 0.15) is 45.6 Å². The lowest BCUT2D eigenvalue weighted by Gasteiger charge is -2.39. The fourth-order valence-electron chi connectivity index (χ4n) is 4.01. The molecule has 5 heteroatoms. The van der Waals surface area contributed by atoms with Gasteiger partial charge in [-0.25, -0.2) is 4.39 Å². The van der Waals surface area contributed by atoms with E-state index < -0.39 is 10.8 Å². The number of carbonyl (C=O) groups is 2. The Kier molecular flexibility index (Phi) is 4.60. The topological polar surface area (TPSA) is 40.6 Å². The van der Waals surface area contributed by atoms with Gasteiger partial charge in [0, 0.05) is 31.6 Å². The molecule has 2 aliphatic heterocycles. The Morgan fingerprint density at radius 2 is 1.84 bits per heavy atom. The number of piperidine rings is 1. The van der Waals surface area contributed by atoms with Gasteiger partial charge in [-0.3, -0.25) is 9.59 Å². The first-order valence-corrected chi connectivity index (χ1v) is 9.04. The highest BCUT2D eigenvalue weighted by Gasteiger charge is 2.50. The lowest BCUT2D eigenvalue weighted by molar-refractivity contribution is -0.147. The highest BCUT2D eigenvalue weighted by Crippen LogP contribution is 2.41. The van der Waals surface area contributed by atoms with E-state index in [1.807, 2.05) is 30.6 Å². The summed E-state index contributed by atoms with van der Waals surface area (Å²) in [6, 6.07) is 6.32. The summed E-state index contributed by atoms with van der Waals surface area (Å²) < 4.78 is 13.1. The molecule has 2 amide bonds. The van der Waals surface area contributed by atoms with E-state index >= 15 is 0 Å². The summed E-state index contributed by atoms with van der Waals surface area (Å²) in [6.07, 6.45) is 2.54. The first-order valence-electron chi connectivity index (χ1n) is 9.04. The van der Waals surface area contributed by atoms with Gasteiger partial charge >= 0.3 is 0 Å². The molecule has 1 atom stereocenters. The molecule has 0 radical (unpaired) electrons. The molecule has 4 nitrogen and oxygen atoms in total. The summed E-state index contributed by atoms with van der Waals surface area (Å²) in [6.45, 7) is 8.19. The van der Waals surface area contributed by atoms with E-state index in [4.69, 9.17) is 0 Å². The van der Waals surface area contributed by atoms with Crippen LogP contribution in [0.2, 0.25) is 0 Å². The van der Waals surface area contributed by atoms with Crippen molar-refractivity contribution in [2.24, 2.45) is 10.8 Å². The van der Waals surface area contributed by atoms with Gasteiger partial charge in [-0.05, 0) is 37.0 Å². The molecule has 2 saturated heterocycles. The standard InChI is InChI=1S/C20H27FN2O2/c1-19(2,3)17(24)23-12-10-20(14-23)9-4-11-22(18(20)25)13-15-5-7-16(21)8-6-15/h5-8H,4,9-14H2,1-3H3. The monoisotopic (exact) mass is 346 g/mol. The maximum absolute atomic E-state index is 13.2. The average Bonchev–Trinajstić information content (AvgIpc) is 2.97. The SMILES string of the molecule is CC(C)(C)C(=O)N1CCC2(CCCN(Cc3ccc(F)cc3)C2=O)C1. The minimum atomic E-state index is -0.431. The number of nitrogens with zero attached hydrogens (tertiary/aromatic N) is 2. The van der Waals surface area contributed by atoms with E-state index in [9.17, 15) is 14.0 Å². The van der Waals surface area contributed by atoms with Crippen LogP contribution >= 0.6 is 0 Å². The van der Waals surface area contributed by atoms with Crippen LogP contribution < -0.4 is 0 Å². The summed E-state index contributed by atoms with van der Waals surface area (Å²) in [5.41, 5.74) is 0.0865. The van der Waals surface area contributed by atoms with Crippen molar-refractivity contribution in [3.63, 3.8) is 0 Å². The predicted molar refractivity (Wildman–Crippen MR) is 94.1 cm³/mol. The fourth-order valence-corrected chi connectivity index (χ4v) is 4.01. The lowest BCUT2D eigenvalue weighted by atomic mass is 9.78. The number of halogens is 1. The Morgan fingerprint density at radius 3 is 2.48 bits per heavy atom. The highest BCUT2D eigenvalue weighted by molar-refractivity contribution is 5.87.